The molecule has 2 aromatic carbocycles. The molecule has 1 aliphatic rings. The van der Waals surface area contributed by atoms with E-state index in [1.54, 1.807) is 6.20 Å². The van der Waals surface area contributed by atoms with Gasteiger partial charge in [-0.2, -0.15) is 0 Å². The third kappa shape index (κ3) is 5.16. The number of hydrogen-bond acceptors (Lipinski definition) is 5. The van der Waals surface area contributed by atoms with Crippen LogP contribution in [0.3, 0.4) is 0 Å². The van der Waals surface area contributed by atoms with Gasteiger partial charge in [0.25, 0.3) is 0 Å². The zero-order valence-electron chi connectivity index (χ0n) is 15.7. The van der Waals surface area contributed by atoms with E-state index in [9.17, 15) is 4.79 Å². The Labute approximate surface area is 178 Å². The van der Waals surface area contributed by atoms with E-state index in [2.05, 4.69) is 15.3 Å². The van der Waals surface area contributed by atoms with Gasteiger partial charge in [0.05, 0.1) is 22.7 Å². The largest absolute Gasteiger partial charge is 0.456 e. The van der Waals surface area contributed by atoms with Crippen molar-refractivity contribution in [2.45, 2.75) is 13.3 Å². The molecule has 0 radical (unpaired) electrons. The zero-order valence-corrected chi connectivity index (χ0v) is 17.3. The van der Waals surface area contributed by atoms with E-state index in [0.29, 0.717) is 28.0 Å². The molecule has 0 saturated heterocycles. The predicted octanol–water partition coefficient (Wildman–Crippen LogP) is 5.79. The lowest BCUT2D eigenvalue weighted by Crippen LogP contribution is -2.15. The van der Waals surface area contributed by atoms with Crippen molar-refractivity contribution in [3.63, 3.8) is 0 Å². The minimum atomic E-state index is -0.0805. The molecule has 0 unspecified atom stereocenters. The first kappa shape index (κ1) is 19.5. The van der Waals surface area contributed by atoms with Crippen LogP contribution in [0, 0.1) is 6.92 Å². The Morgan fingerprint density at radius 1 is 1.14 bits per heavy atom. The molecule has 0 fully saturated rings. The Bertz CT molecular complexity index is 1070. The third-order valence-electron chi connectivity index (χ3n) is 4.26. The normalized spacial score (nSPS) is 12.3. The summed E-state index contributed by atoms with van der Waals surface area (Å²) in [5.74, 6) is 1.57. The van der Waals surface area contributed by atoms with Crippen LogP contribution in [0.4, 0.5) is 11.4 Å². The van der Waals surface area contributed by atoms with Crippen molar-refractivity contribution < 1.29 is 9.53 Å². The molecule has 1 amide bonds. The van der Waals surface area contributed by atoms with Crippen molar-refractivity contribution >= 4 is 45.7 Å². The molecule has 0 spiro atoms. The third-order valence-corrected chi connectivity index (χ3v) is 5.47. The first-order valence-corrected chi connectivity index (χ1v) is 10.4. The van der Waals surface area contributed by atoms with Crippen LogP contribution in [-0.4, -0.2) is 21.7 Å². The highest BCUT2D eigenvalue weighted by Crippen LogP contribution is 2.32. The summed E-state index contributed by atoms with van der Waals surface area (Å²) in [6, 6.07) is 16.7. The second-order valence-electron chi connectivity index (χ2n) is 6.55. The Kier molecular flexibility index (Phi) is 5.83. The summed E-state index contributed by atoms with van der Waals surface area (Å²) in [7, 11) is 0. The number of carbonyl (C=O) groups is 1. The first-order chi connectivity index (χ1) is 14.0. The van der Waals surface area contributed by atoms with Gasteiger partial charge in [-0.3, -0.25) is 9.78 Å². The summed E-state index contributed by atoms with van der Waals surface area (Å²) in [5.41, 5.74) is 3.68. The van der Waals surface area contributed by atoms with Crippen molar-refractivity contribution in [3.05, 3.63) is 77.1 Å². The van der Waals surface area contributed by atoms with Gasteiger partial charge >= 0.3 is 0 Å². The summed E-state index contributed by atoms with van der Waals surface area (Å²) < 4.78 is 5.74. The highest BCUT2D eigenvalue weighted by atomic mass is 35.5. The average Bonchev–Trinajstić information content (AvgIpc) is 3.12. The minimum Gasteiger partial charge on any atom is -0.456 e. The second-order valence-corrected chi connectivity index (χ2v) is 8.04. The summed E-state index contributed by atoms with van der Waals surface area (Å²) in [6.07, 6.45) is 2.42. The molecule has 4 rings (SSSR count). The van der Waals surface area contributed by atoms with Gasteiger partial charge in [-0.25, -0.2) is 4.99 Å². The van der Waals surface area contributed by atoms with Gasteiger partial charge in [-0.05, 0) is 61.0 Å². The monoisotopic (exact) mass is 423 g/mol. The van der Waals surface area contributed by atoms with Crippen LogP contribution < -0.4 is 10.1 Å². The highest BCUT2D eigenvalue weighted by molar-refractivity contribution is 8.14. The van der Waals surface area contributed by atoms with E-state index < -0.39 is 0 Å². The SMILES string of the molecule is Cc1ccc(Oc2ccc(NC(=O)CSC3=Nc4cc(Cl)ccc4C3)cc2)cn1. The molecule has 3 aromatic rings. The van der Waals surface area contributed by atoms with Crippen molar-refractivity contribution in [2.75, 3.05) is 11.1 Å². The van der Waals surface area contributed by atoms with Crippen molar-refractivity contribution in [2.24, 2.45) is 4.99 Å². The number of amides is 1. The topological polar surface area (TPSA) is 63.6 Å². The number of aliphatic imine (C=N–C) groups is 1. The van der Waals surface area contributed by atoms with Gasteiger partial charge in [-0.15, -0.1) is 11.8 Å². The fourth-order valence-electron chi connectivity index (χ4n) is 2.81. The molecule has 0 saturated carbocycles. The lowest BCUT2D eigenvalue weighted by Gasteiger charge is -2.08. The summed E-state index contributed by atoms with van der Waals surface area (Å²) >= 11 is 7.44. The van der Waals surface area contributed by atoms with Crippen LogP contribution in [-0.2, 0) is 11.2 Å². The standard InChI is InChI=1S/C22H18ClN3O2S/c1-14-2-7-19(12-24-14)28-18-8-5-17(6-9-18)25-21(27)13-29-22-10-15-3-4-16(23)11-20(15)26-22/h2-9,11-12H,10,13H2,1H3,(H,25,27). The van der Waals surface area contributed by atoms with Gasteiger partial charge in [0.2, 0.25) is 5.91 Å². The summed E-state index contributed by atoms with van der Waals surface area (Å²) in [6.45, 7) is 1.92. The smallest absolute Gasteiger partial charge is 0.234 e. The minimum absolute atomic E-state index is 0.0805. The van der Waals surface area contributed by atoms with Gasteiger partial charge in [0, 0.05) is 22.8 Å². The van der Waals surface area contributed by atoms with E-state index in [4.69, 9.17) is 16.3 Å². The lowest BCUT2D eigenvalue weighted by molar-refractivity contribution is -0.113. The van der Waals surface area contributed by atoms with Crippen molar-refractivity contribution in [3.8, 4) is 11.5 Å². The predicted molar refractivity (Wildman–Crippen MR) is 119 cm³/mol. The number of halogens is 1. The fourth-order valence-corrected chi connectivity index (χ4v) is 3.77. The number of pyridine rings is 1. The number of anilines is 1. The number of ether oxygens (including phenoxy) is 1. The highest BCUT2D eigenvalue weighted by Gasteiger charge is 2.16. The fraction of sp³-hybridized carbons (Fsp3) is 0.136. The summed E-state index contributed by atoms with van der Waals surface area (Å²) in [4.78, 5) is 21.0. The Morgan fingerprint density at radius 3 is 2.69 bits per heavy atom. The number of nitrogens with one attached hydrogen (secondary N) is 1. The van der Waals surface area contributed by atoms with Crippen molar-refractivity contribution in [1.29, 1.82) is 0 Å². The number of aryl methyl sites for hydroxylation is 1. The molecular weight excluding hydrogens is 406 g/mol. The molecule has 1 aliphatic heterocycles. The van der Waals surface area contributed by atoms with Crippen molar-refractivity contribution in [1.82, 2.24) is 4.98 Å². The van der Waals surface area contributed by atoms with Crippen LogP contribution in [0.1, 0.15) is 11.3 Å². The number of hydrogen-bond donors (Lipinski definition) is 1. The van der Waals surface area contributed by atoms with E-state index >= 15 is 0 Å². The van der Waals surface area contributed by atoms with Crippen LogP contribution in [0.5, 0.6) is 11.5 Å². The van der Waals surface area contributed by atoms with Crippen LogP contribution >= 0.6 is 23.4 Å². The second kappa shape index (κ2) is 8.68. The quantitative estimate of drug-likeness (QED) is 0.563. The van der Waals surface area contributed by atoms with Gasteiger partial charge in [0.15, 0.2) is 0 Å². The maximum Gasteiger partial charge on any atom is 0.234 e. The summed E-state index contributed by atoms with van der Waals surface area (Å²) in [5, 5.41) is 4.48. The molecule has 29 heavy (non-hydrogen) atoms. The van der Waals surface area contributed by atoms with Crippen LogP contribution in [0.2, 0.25) is 5.02 Å². The first-order valence-electron chi connectivity index (χ1n) is 9.04. The molecule has 2 heterocycles. The van der Waals surface area contributed by atoms with E-state index in [-0.39, 0.29) is 5.91 Å². The number of thioether (sulfide) groups is 1. The molecule has 1 N–H and O–H groups in total. The van der Waals surface area contributed by atoms with E-state index in [1.165, 1.54) is 11.8 Å². The Morgan fingerprint density at radius 2 is 1.93 bits per heavy atom. The van der Waals surface area contributed by atoms with E-state index in [1.807, 2.05) is 61.5 Å². The molecule has 1 aromatic heterocycles. The van der Waals surface area contributed by atoms with E-state index in [0.717, 1.165) is 28.4 Å². The number of rotatable bonds is 5. The van der Waals surface area contributed by atoms with Crippen LogP contribution in [0.25, 0.3) is 0 Å². The Balaban J connectivity index is 1.28. The molecule has 0 bridgehead atoms. The molecule has 0 aliphatic carbocycles. The molecule has 5 nitrogen and oxygen atoms in total. The number of benzene rings is 2. The maximum absolute atomic E-state index is 12.3. The number of aromatic nitrogens is 1. The average molecular weight is 424 g/mol. The molecule has 146 valence electrons. The number of nitrogens with zero attached hydrogens (tertiary/aromatic N) is 2. The zero-order chi connectivity index (χ0) is 20.2. The molecule has 7 heteroatoms. The Hall–Kier alpha value is -2.83. The van der Waals surface area contributed by atoms with Gasteiger partial charge in [-0.1, -0.05) is 17.7 Å². The van der Waals surface area contributed by atoms with Crippen LogP contribution in [0.15, 0.2) is 65.8 Å². The number of carbonyl (C=O) groups excluding carboxylic acids is 1. The number of fused-ring (bicyclic) bond motifs is 1. The maximum atomic E-state index is 12.3. The van der Waals surface area contributed by atoms with Gasteiger partial charge < -0.3 is 10.1 Å². The molecule has 0 atom stereocenters. The molecular formula is C22H18ClN3O2S. The lowest BCUT2D eigenvalue weighted by atomic mass is 10.2. The van der Waals surface area contributed by atoms with Gasteiger partial charge in [0.1, 0.15) is 11.5 Å².